The van der Waals surface area contributed by atoms with Gasteiger partial charge in [-0.3, -0.25) is 14.4 Å². The van der Waals surface area contributed by atoms with Gasteiger partial charge in [0.25, 0.3) is 0 Å². The predicted molar refractivity (Wildman–Crippen MR) is 335 cm³/mol. The molecule has 0 rings (SSSR count). The normalized spacial score (nSPS) is 12.2. The summed E-state index contributed by atoms with van der Waals surface area (Å²) in [4.78, 5) is 38.2. The summed E-state index contributed by atoms with van der Waals surface area (Å²) in [5.74, 6) is -0.879. The highest BCUT2D eigenvalue weighted by Gasteiger charge is 2.19. The number of hydrogen-bond acceptors (Lipinski definition) is 6. The third-order valence-electron chi connectivity index (χ3n) is 15.6. The Balaban J connectivity index is 4.08. The molecule has 0 aromatic heterocycles. The number of unbranched alkanes of at least 4 members (excludes halogenated alkanes) is 47. The molecule has 0 aromatic carbocycles. The molecule has 1 atom stereocenters. The maximum Gasteiger partial charge on any atom is 0.306 e. The van der Waals surface area contributed by atoms with E-state index in [0.29, 0.717) is 19.3 Å². The van der Waals surface area contributed by atoms with Gasteiger partial charge in [-0.05, 0) is 77.0 Å². The van der Waals surface area contributed by atoms with Crippen LogP contribution in [0.5, 0.6) is 0 Å². The SMILES string of the molecule is CCCCC/C=C\C/C=C\CCCCCCCC(=O)OC(COC(=O)CCCCCCC/C=C\CCCCC)COC(=O)CCCCCCCCCCCCCCCCCCCCCCCCCCCCCCCCCC. The maximum absolute atomic E-state index is 12.9. The zero-order valence-corrected chi connectivity index (χ0v) is 52.0. The summed E-state index contributed by atoms with van der Waals surface area (Å²) in [5.41, 5.74) is 0. The Bertz CT molecular complexity index is 1290. The summed E-state index contributed by atoms with van der Waals surface area (Å²) in [6.45, 7) is 6.63. The smallest absolute Gasteiger partial charge is 0.306 e. The topological polar surface area (TPSA) is 78.9 Å². The third kappa shape index (κ3) is 64.3. The molecule has 6 nitrogen and oxygen atoms in total. The molecule has 0 N–H and O–H groups in total. The molecule has 0 aliphatic rings. The van der Waals surface area contributed by atoms with Crippen molar-refractivity contribution < 1.29 is 28.6 Å². The van der Waals surface area contributed by atoms with Crippen LogP contribution in [0.3, 0.4) is 0 Å². The monoisotopic (exact) mass is 1080 g/mol. The van der Waals surface area contributed by atoms with Crippen molar-refractivity contribution in [2.45, 2.75) is 386 Å². The van der Waals surface area contributed by atoms with E-state index in [0.717, 1.165) is 89.9 Å². The van der Waals surface area contributed by atoms with Crippen LogP contribution >= 0.6 is 0 Å². The standard InChI is InChI=1S/C71H132O6/c1-4-7-10-13-16-19-22-25-27-28-29-30-31-32-33-34-35-36-37-38-39-40-41-42-43-45-46-49-52-55-58-61-64-70(73)76-67-68(66-75-69(72)63-60-57-54-51-48-24-21-18-15-12-9-6-3)77-71(74)65-62-59-56-53-50-47-44-26-23-20-17-14-11-8-5-2/h17-18,20-21,26,44,68H,4-16,19,22-25,27-43,45-67H2,1-3H3/b20-17-,21-18-,44-26-. The Morgan fingerprint density at radius 1 is 0.260 bits per heavy atom. The van der Waals surface area contributed by atoms with Crippen LogP contribution in [0.25, 0.3) is 0 Å². The van der Waals surface area contributed by atoms with Crippen LogP contribution in [-0.4, -0.2) is 37.2 Å². The van der Waals surface area contributed by atoms with Gasteiger partial charge in [0, 0.05) is 19.3 Å². The van der Waals surface area contributed by atoms with Crippen LogP contribution in [0.4, 0.5) is 0 Å². The molecular formula is C71H132O6. The first-order valence-corrected chi connectivity index (χ1v) is 34.5. The first kappa shape index (κ1) is 74.6. The highest BCUT2D eigenvalue weighted by Crippen LogP contribution is 2.18. The van der Waals surface area contributed by atoms with Crippen molar-refractivity contribution in [3.8, 4) is 0 Å². The van der Waals surface area contributed by atoms with E-state index in [1.54, 1.807) is 0 Å². The molecule has 77 heavy (non-hydrogen) atoms. The van der Waals surface area contributed by atoms with Crippen molar-refractivity contribution in [3.63, 3.8) is 0 Å². The first-order chi connectivity index (χ1) is 38.0. The van der Waals surface area contributed by atoms with Gasteiger partial charge in [-0.2, -0.15) is 0 Å². The summed E-state index contributed by atoms with van der Waals surface area (Å²) in [6.07, 6.45) is 81.9. The van der Waals surface area contributed by atoms with Crippen LogP contribution in [-0.2, 0) is 28.6 Å². The van der Waals surface area contributed by atoms with Gasteiger partial charge in [-0.1, -0.05) is 320 Å². The minimum atomic E-state index is -0.781. The molecule has 0 radical (unpaired) electrons. The minimum Gasteiger partial charge on any atom is -0.462 e. The number of hydrogen-bond donors (Lipinski definition) is 0. The van der Waals surface area contributed by atoms with Gasteiger partial charge in [0.05, 0.1) is 0 Å². The average molecular weight is 1080 g/mol. The minimum absolute atomic E-state index is 0.0767. The van der Waals surface area contributed by atoms with Gasteiger partial charge < -0.3 is 14.2 Å². The molecule has 0 fully saturated rings. The highest BCUT2D eigenvalue weighted by atomic mass is 16.6. The Kier molecular flexibility index (Phi) is 64.1. The van der Waals surface area contributed by atoms with Gasteiger partial charge in [0.15, 0.2) is 6.10 Å². The zero-order valence-electron chi connectivity index (χ0n) is 52.0. The number of rotatable bonds is 64. The van der Waals surface area contributed by atoms with Crippen molar-refractivity contribution in [2.75, 3.05) is 13.2 Å². The molecule has 0 saturated carbocycles. The Morgan fingerprint density at radius 3 is 0.753 bits per heavy atom. The zero-order chi connectivity index (χ0) is 55.7. The van der Waals surface area contributed by atoms with Gasteiger partial charge in [-0.15, -0.1) is 0 Å². The number of carbonyl (C=O) groups is 3. The van der Waals surface area contributed by atoms with E-state index in [2.05, 4.69) is 57.2 Å². The van der Waals surface area contributed by atoms with Crippen LogP contribution in [0.15, 0.2) is 36.5 Å². The van der Waals surface area contributed by atoms with Crippen molar-refractivity contribution in [2.24, 2.45) is 0 Å². The van der Waals surface area contributed by atoms with E-state index in [1.807, 2.05) is 0 Å². The lowest BCUT2D eigenvalue weighted by Crippen LogP contribution is -2.30. The Morgan fingerprint density at radius 2 is 0.468 bits per heavy atom. The third-order valence-corrected chi connectivity index (χ3v) is 15.6. The van der Waals surface area contributed by atoms with Crippen molar-refractivity contribution in [1.82, 2.24) is 0 Å². The maximum atomic E-state index is 12.9. The van der Waals surface area contributed by atoms with Crippen molar-refractivity contribution >= 4 is 17.9 Å². The highest BCUT2D eigenvalue weighted by molar-refractivity contribution is 5.71. The molecular weight excluding hydrogens is 949 g/mol. The molecule has 0 bridgehead atoms. The van der Waals surface area contributed by atoms with Crippen molar-refractivity contribution in [1.29, 1.82) is 0 Å². The largest absolute Gasteiger partial charge is 0.462 e. The molecule has 0 aliphatic carbocycles. The second kappa shape index (κ2) is 66.1. The van der Waals surface area contributed by atoms with Gasteiger partial charge in [-0.25, -0.2) is 0 Å². The summed E-state index contributed by atoms with van der Waals surface area (Å²) >= 11 is 0. The lowest BCUT2D eigenvalue weighted by Gasteiger charge is -2.18. The Labute approximate surface area is 480 Å². The van der Waals surface area contributed by atoms with E-state index in [9.17, 15) is 14.4 Å². The average Bonchev–Trinajstić information content (AvgIpc) is 3.43. The van der Waals surface area contributed by atoms with Gasteiger partial charge in [0.2, 0.25) is 0 Å². The number of ether oxygens (including phenoxy) is 3. The fraction of sp³-hybridized carbons (Fsp3) is 0.873. The lowest BCUT2D eigenvalue weighted by atomic mass is 10.0. The lowest BCUT2D eigenvalue weighted by molar-refractivity contribution is -0.167. The first-order valence-electron chi connectivity index (χ1n) is 34.5. The number of allylic oxidation sites excluding steroid dienone is 6. The summed E-state index contributed by atoms with van der Waals surface area (Å²) in [7, 11) is 0. The van der Waals surface area contributed by atoms with Gasteiger partial charge >= 0.3 is 17.9 Å². The van der Waals surface area contributed by atoms with Crippen molar-refractivity contribution in [3.05, 3.63) is 36.5 Å². The van der Waals surface area contributed by atoms with E-state index in [4.69, 9.17) is 14.2 Å². The van der Waals surface area contributed by atoms with E-state index in [-0.39, 0.29) is 31.1 Å². The van der Waals surface area contributed by atoms with E-state index >= 15 is 0 Å². The fourth-order valence-electron chi connectivity index (χ4n) is 10.4. The molecule has 0 spiro atoms. The molecule has 0 aliphatic heterocycles. The number of esters is 3. The molecule has 1 unspecified atom stereocenters. The summed E-state index contributed by atoms with van der Waals surface area (Å²) in [6, 6.07) is 0. The summed E-state index contributed by atoms with van der Waals surface area (Å²) < 4.78 is 16.9. The molecule has 0 saturated heterocycles. The fourth-order valence-corrected chi connectivity index (χ4v) is 10.4. The molecule has 0 heterocycles. The molecule has 452 valence electrons. The second-order valence-corrected chi connectivity index (χ2v) is 23.4. The molecule has 0 aromatic rings. The van der Waals surface area contributed by atoms with E-state index < -0.39 is 6.10 Å². The second-order valence-electron chi connectivity index (χ2n) is 23.4. The van der Waals surface area contributed by atoms with Gasteiger partial charge in [0.1, 0.15) is 13.2 Å². The van der Waals surface area contributed by atoms with E-state index in [1.165, 1.54) is 250 Å². The Hall–Kier alpha value is -2.37. The molecule has 0 amide bonds. The van der Waals surface area contributed by atoms with Crippen LogP contribution in [0.2, 0.25) is 0 Å². The predicted octanol–water partition coefficient (Wildman–Crippen LogP) is 23.6. The van der Waals surface area contributed by atoms with Crippen LogP contribution < -0.4 is 0 Å². The van der Waals surface area contributed by atoms with Crippen LogP contribution in [0.1, 0.15) is 380 Å². The quantitative estimate of drug-likeness (QED) is 0.0261. The number of carbonyl (C=O) groups excluding carboxylic acids is 3. The summed E-state index contributed by atoms with van der Waals surface area (Å²) in [5, 5.41) is 0. The molecule has 6 heteroatoms. The van der Waals surface area contributed by atoms with Crippen LogP contribution in [0, 0.1) is 0 Å².